The Morgan fingerprint density at radius 3 is 2.64 bits per heavy atom. The molecule has 0 radical (unpaired) electrons. The summed E-state index contributed by atoms with van der Waals surface area (Å²) < 4.78 is 40.3. The summed E-state index contributed by atoms with van der Waals surface area (Å²) in [6.45, 7) is 0. The van der Waals surface area contributed by atoms with Crippen molar-refractivity contribution in [2.75, 3.05) is 12.4 Å². The number of anilines is 1. The SMILES string of the molecule is CN(N)/C=C(\N)c1cc(NC(=O)c2cncc(C#Cc3cnc(/C=C\C=N)[nH]3)c2)cc(C(F)(F)F)c1. The minimum Gasteiger partial charge on any atom is -0.397 e. The van der Waals surface area contributed by atoms with Gasteiger partial charge < -0.3 is 26.5 Å². The van der Waals surface area contributed by atoms with Gasteiger partial charge in [0.2, 0.25) is 0 Å². The fraction of sp³-hybridized carbons (Fsp3) is 0.0833. The predicted octanol–water partition coefficient (Wildman–Crippen LogP) is 3.20. The number of carbonyl (C=O) groups is 1. The standard InChI is InChI=1S/C24H21F3N8O/c1-35(30)14-21(29)16-8-18(24(25,26)27)10-20(9-16)34-23(36)17-7-15(11-31-12-17)4-5-19-13-32-22(33-19)3-2-6-28/h2-3,6-14,28H,29-30H2,1H3,(H,32,33)(H,34,36)/b3-2-,21-14-,28-6?. The van der Waals surface area contributed by atoms with Gasteiger partial charge in [-0.2, -0.15) is 13.2 Å². The minimum atomic E-state index is -4.66. The van der Waals surface area contributed by atoms with Crippen molar-refractivity contribution in [2.24, 2.45) is 11.6 Å². The average molecular weight is 494 g/mol. The summed E-state index contributed by atoms with van der Waals surface area (Å²) >= 11 is 0. The number of allylic oxidation sites excluding steroid dienone is 1. The Kier molecular flexibility index (Phi) is 7.88. The second kappa shape index (κ2) is 11.0. The van der Waals surface area contributed by atoms with Crippen LogP contribution in [0.5, 0.6) is 0 Å². The Morgan fingerprint density at radius 1 is 1.17 bits per heavy atom. The molecule has 0 bridgehead atoms. The molecule has 0 saturated carbocycles. The van der Waals surface area contributed by atoms with Gasteiger partial charge in [0, 0.05) is 48.7 Å². The van der Waals surface area contributed by atoms with Crippen LogP contribution in [0.2, 0.25) is 0 Å². The Balaban J connectivity index is 1.85. The van der Waals surface area contributed by atoms with Gasteiger partial charge in [-0.15, -0.1) is 0 Å². The first-order valence-electron chi connectivity index (χ1n) is 10.2. The highest BCUT2D eigenvalue weighted by atomic mass is 19.4. The number of nitrogens with two attached hydrogens (primary N) is 2. The van der Waals surface area contributed by atoms with Gasteiger partial charge >= 0.3 is 6.18 Å². The van der Waals surface area contributed by atoms with Gasteiger partial charge in [-0.1, -0.05) is 5.92 Å². The maximum atomic E-state index is 13.4. The van der Waals surface area contributed by atoms with Crippen molar-refractivity contribution in [1.29, 1.82) is 5.41 Å². The molecule has 0 atom stereocenters. The lowest BCUT2D eigenvalue weighted by molar-refractivity contribution is -0.137. The number of halogens is 3. The topological polar surface area (TPSA) is 150 Å². The maximum absolute atomic E-state index is 13.4. The molecular weight excluding hydrogens is 473 g/mol. The van der Waals surface area contributed by atoms with Crippen LogP contribution in [0.3, 0.4) is 0 Å². The van der Waals surface area contributed by atoms with Crippen LogP contribution in [0.1, 0.15) is 38.6 Å². The monoisotopic (exact) mass is 494 g/mol. The van der Waals surface area contributed by atoms with Gasteiger partial charge in [0.25, 0.3) is 5.91 Å². The van der Waals surface area contributed by atoms with Crippen molar-refractivity contribution < 1.29 is 18.0 Å². The van der Waals surface area contributed by atoms with Crippen molar-refractivity contribution in [3.63, 3.8) is 0 Å². The summed E-state index contributed by atoms with van der Waals surface area (Å²) in [4.78, 5) is 23.8. The third kappa shape index (κ3) is 7.05. The largest absolute Gasteiger partial charge is 0.416 e. The number of H-pyrrole nitrogens is 1. The first-order valence-corrected chi connectivity index (χ1v) is 10.2. The first-order chi connectivity index (χ1) is 17.0. The molecule has 7 N–H and O–H groups in total. The van der Waals surface area contributed by atoms with E-state index >= 15 is 0 Å². The second-order valence-corrected chi connectivity index (χ2v) is 7.42. The van der Waals surface area contributed by atoms with E-state index in [0.717, 1.165) is 23.4 Å². The summed E-state index contributed by atoms with van der Waals surface area (Å²) in [6, 6.07) is 4.43. The van der Waals surface area contributed by atoms with Crippen molar-refractivity contribution >= 4 is 29.6 Å². The molecule has 0 saturated heterocycles. The third-order valence-corrected chi connectivity index (χ3v) is 4.48. The zero-order valence-corrected chi connectivity index (χ0v) is 18.9. The van der Waals surface area contributed by atoms with E-state index in [1.54, 1.807) is 6.08 Å². The van der Waals surface area contributed by atoms with E-state index in [2.05, 4.69) is 32.1 Å². The second-order valence-electron chi connectivity index (χ2n) is 7.42. The van der Waals surface area contributed by atoms with E-state index < -0.39 is 17.6 Å². The smallest absolute Gasteiger partial charge is 0.397 e. The number of hydrogen-bond donors (Lipinski definition) is 5. The van der Waals surface area contributed by atoms with Crippen LogP contribution in [-0.4, -0.2) is 39.1 Å². The van der Waals surface area contributed by atoms with E-state index in [-0.39, 0.29) is 22.5 Å². The van der Waals surface area contributed by atoms with Crippen molar-refractivity contribution in [3.8, 4) is 11.8 Å². The molecule has 0 unspecified atom stereocenters. The van der Waals surface area contributed by atoms with Gasteiger partial charge in [-0.25, -0.2) is 10.8 Å². The summed E-state index contributed by atoms with van der Waals surface area (Å²) in [6.07, 6.45) is 5.01. The zero-order chi connectivity index (χ0) is 26.3. The molecule has 0 aliphatic carbocycles. The van der Waals surface area contributed by atoms with Crippen molar-refractivity contribution in [1.82, 2.24) is 20.0 Å². The molecule has 0 spiro atoms. The minimum absolute atomic E-state index is 0.0178. The summed E-state index contributed by atoms with van der Waals surface area (Å²) in [5, 5.41) is 10.5. The van der Waals surface area contributed by atoms with E-state index in [4.69, 9.17) is 17.0 Å². The van der Waals surface area contributed by atoms with E-state index in [1.807, 2.05) is 0 Å². The molecule has 36 heavy (non-hydrogen) atoms. The highest BCUT2D eigenvalue weighted by Gasteiger charge is 2.31. The Morgan fingerprint density at radius 2 is 1.94 bits per heavy atom. The number of alkyl halides is 3. The van der Waals surface area contributed by atoms with E-state index in [1.165, 1.54) is 50.0 Å². The quantitative estimate of drug-likeness (QED) is 0.154. The average Bonchev–Trinajstić information content (AvgIpc) is 3.28. The molecule has 9 nitrogen and oxygen atoms in total. The number of nitrogens with zero attached hydrogens (tertiary/aromatic N) is 3. The predicted molar refractivity (Wildman–Crippen MR) is 130 cm³/mol. The van der Waals surface area contributed by atoms with Crippen LogP contribution in [0, 0.1) is 17.3 Å². The Bertz CT molecular complexity index is 1390. The Hall–Kier alpha value is -4.89. The normalized spacial score (nSPS) is 11.6. The molecular formula is C24H21F3N8O. The van der Waals surface area contributed by atoms with Crippen LogP contribution in [0.4, 0.5) is 18.9 Å². The van der Waals surface area contributed by atoms with Crippen LogP contribution >= 0.6 is 0 Å². The molecule has 2 aromatic heterocycles. The number of rotatable bonds is 6. The molecule has 0 aliphatic rings. The first kappa shape index (κ1) is 25.7. The van der Waals surface area contributed by atoms with Gasteiger partial charge in [-0.05, 0) is 42.3 Å². The lowest BCUT2D eigenvalue weighted by atomic mass is 10.1. The van der Waals surface area contributed by atoms with Gasteiger partial charge in [0.1, 0.15) is 11.5 Å². The Labute approximate surface area is 204 Å². The number of benzene rings is 1. The van der Waals surface area contributed by atoms with Gasteiger partial charge in [-0.3, -0.25) is 9.78 Å². The molecule has 3 aromatic rings. The zero-order valence-electron chi connectivity index (χ0n) is 18.9. The number of hydrogen-bond acceptors (Lipinski definition) is 7. The van der Waals surface area contributed by atoms with E-state index in [0.29, 0.717) is 17.1 Å². The highest BCUT2D eigenvalue weighted by molar-refractivity contribution is 6.04. The molecule has 184 valence electrons. The number of nitrogens with one attached hydrogen (secondary N) is 3. The van der Waals surface area contributed by atoms with Crippen LogP contribution in [0.15, 0.2) is 55.1 Å². The maximum Gasteiger partial charge on any atom is 0.416 e. The van der Waals surface area contributed by atoms with Gasteiger partial charge in [0.05, 0.1) is 23.0 Å². The molecule has 0 aliphatic heterocycles. The number of aromatic nitrogens is 3. The van der Waals surface area contributed by atoms with Crippen LogP contribution in [0.25, 0.3) is 11.8 Å². The molecule has 2 heterocycles. The summed E-state index contributed by atoms with van der Waals surface area (Å²) in [5.41, 5.74) is 5.76. The highest BCUT2D eigenvalue weighted by Crippen LogP contribution is 2.33. The number of amides is 1. The number of imidazole rings is 1. The van der Waals surface area contributed by atoms with Crippen LogP contribution < -0.4 is 16.9 Å². The summed E-state index contributed by atoms with van der Waals surface area (Å²) in [7, 11) is 1.46. The number of aromatic amines is 1. The number of pyridine rings is 1. The fourth-order valence-electron chi connectivity index (χ4n) is 2.92. The summed E-state index contributed by atoms with van der Waals surface area (Å²) in [5.74, 6) is 11.0. The fourth-order valence-corrected chi connectivity index (χ4v) is 2.92. The van der Waals surface area contributed by atoms with Crippen molar-refractivity contribution in [2.45, 2.75) is 6.18 Å². The van der Waals surface area contributed by atoms with Crippen LogP contribution in [-0.2, 0) is 6.18 Å². The molecule has 1 amide bonds. The lowest BCUT2D eigenvalue weighted by Gasteiger charge is -2.14. The molecule has 12 heteroatoms. The number of hydrazine groups is 1. The number of carbonyl (C=O) groups excluding carboxylic acids is 1. The molecule has 3 rings (SSSR count). The molecule has 1 aromatic carbocycles. The molecule has 0 fully saturated rings. The van der Waals surface area contributed by atoms with Gasteiger partial charge in [0.15, 0.2) is 0 Å². The third-order valence-electron chi connectivity index (χ3n) is 4.48. The lowest BCUT2D eigenvalue weighted by Crippen LogP contribution is -2.21. The van der Waals surface area contributed by atoms with E-state index in [9.17, 15) is 18.0 Å². The van der Waals surface area contributed by atoms with Crippen molar-refractivity contribution in [3.05, 3.63) is 88.9 Å².